The third-order valence-corrected chi connectivity index (χ3v) is 11.2. The summed E-state index contributed by atoms with van der Waals surface area (Å²) in [5.74, 6) is 0.487. The van der Waals surface area contributed by atoms with Crippen molar-refractivity contribution in [3.8, 4) is 0 Å². The first-order valence-corrected chi connectivity index (χ1v) is 18.8. The van der Waals surface area contributed by atoms with E-state index in [4.69, 9.17) is 55.6 Å². The summed E-state index contributed by atoms with van der Waals surface area (Å²) in [6, 6.07) is 0. The molecule has 4 fully saturated rings. The molecule has 0 saturated carbocycles. The Hall–Kier alpha value is -2.59. The van der Waals surface area contributed by atoms with Crippen LogP contribution < -0.4 is 16.8 Å². The van der Waals surface area contributed by atoms with Gasteiger partial charge in [-0.1, -0.05) is 18.8 Å². The van der Waals surface area contributed by atoms with E-state index in [9.17, 15) is 9.46 Å². The Morgan fingerprint density at radius 2 is 1.93 bits per heavy atom. The maximum absolute atomic E-state index is 16.1. The second-order valence-corrected chi connectivity index (χ2v) is 16.6. The van der Waals surface area contributed by atoms with Crippen LogP contribution in [0.1, 0.15) is 18.1 Å². The molecule has 19 nitrogen and oxygen atoms in total. The molecular formula is C22H25FN10O9P2S2. The van der Waals surface area contributed by atoms with Crippen molar-refractivity contribution in [2.75, 3.05) is 25.6 Å². The quantitative estimate of drug-likeness (QED) is 0.182. The lowest BCUT2D eigenvalue weighted by atomic mass is 10.0. The van der Waals surface area contributed by atoms with E-state index in [0.717, 1.165) is 0 Å². The summed E-state index contributed by atoms with van der Waals surface area (Å²) >= 11 is 9.48. The third-order valence-electron chi connectivity index (χ3n) is 8.11. The van der Waals surface area contributed by atoms with Crippen molar-refractivity contribution in [1.29, 1.82) is 0 Å². The standard InChI is InChI=1S/C22H25FN10O9P2S2/c1-8-11-18(31-21(25)30-8)33(6-28-11)20-14-15-22(40-20,3-36-14)4-38-44(35,46)41-13-9(2-37-43(34,45)42-15)39-19(10(13)23)32-7-29-12-16(24)26-5-27-17(12)32/h5-7,9-10,13-15,19-20H,1-4H2,(H,34,45)(H,35,46)(H2,24,26,27)(H3,25,30,31)/t9-,10-,13-,14-,15+,19-,20-,22+,43?,44?/m1/s1. The van der Waals surface area contributed by atoms with Crippen molar-refractivity contribution in [3.63, 3.8) is 0 Å². The van der Waals surface area contributed by atoms with E-state index >= 15 is 4.39 Å². The van der Waals surface area contributed by atoms with Gasteiger partial charge in [0.2, 0.25) is 0 Å². The van der Waals surface area contributed by atoms with Gasteiger partial charge in [0.1, 0.15) is 47.6 Å². The van der Waals surface area contributed by atoms with Crippen LogP contribution in [0.25, 0.3) is 16.9 Å². The van der Waals surface area contributed by atoms with Crippen molar-refractivity contribution in [1.82, 2.24) is 34.4 Å². The number of nitrogens with zero attached hydrogens (tertiary/aromatic N) is 7. The number of hydrogen-bond donors (Lipinski definition) is 5. The van der Waals surface area contributed by atoms with Crippen LogP contribution in [0.3, 0.4) is 0 Å². The van der Waals surface area contributed by atoms with Gasteiger partial charge in [-0.25, -0.2) is 28.9 Å². The minimum atomic E-state index is -4.34. The van der Waals surface area contributed by atoms with Crippen molar-refractivity contribution < 1.29 is 46.2 Å². The molecule has 8 heterocycles. The van der Waals surface area contributed by atoms with Crippen LogP contribution in [0.15, 0.2) is 30.6 Å². The van der Waals surface area contributed by atoms with Crippen molar-refractivity contribution in [3.05, 3.63) is 31.3 Å². The first-order chi connectivity index (χ1) is 21.8. The average Bonchev–Trinajstić information content (AvgIpc) is 3.80. The SMILES string of the molecule is C=C1NC(N)=Nc2c1ncn2[C@@H]1O[C@]23CO[C@@H]1[C@@H]2OP(O)(=S)OC[C@H]1O[C@@H](n2cnc4c(N)ncnc42)[C@H](F)[C@@H]1OP(=O)(S)OC3. The number of halogens is 1. The van der Waals surface area contributed by atoms with Gasteiger partial charge in [0, 0.05) is 0 Å². The molecule has 5 aliphatic rings. The first-order valence-electron chi connectivity index (χ1n) is 13.6. The van der Waals surface area contributed by atoms with Crippen LogP contribution in [0.5, 0.6) is 0 Å². The molecular weight excluding hydrogens is 693 g/mol. The maximum atomic E-state index is 16.1. The Balaban J connectivity index is 1.10. The normalized spacial score (nSPS) is 40.8. The van der Waals surface area contributed by atoms with E-state index in [-0.39, 0.29) is 29.5 Å². The van der Waals surface area contributed by atoms with Gasteiger partial charge >= 0.3 is 13.5 Å². The zero-order valence-electron chi connectivity index (χ0n) is 23.2. The molecule has 246 valence electrons. The molecule has 8 rings (SSSR count). The molecule has 10 atom stereocenters. The number of alkyl halides is 1. The van der Waals surface area contributed by atoms with E-state index in [1.165, 1.54) is 23.5 Å². The summed E-state index contributed by atoms with van der Waals surface area (Å²) in [6.07, 6.45) is -5.24. The number of aromatic nitrogens is 6. The molecule has 0 aliphatic carbocycles. The predicted octanol–water partition coefficient (Wildman–Crippen LogP) is 0.799. The molecule has 2 bridgehead atoms. The number of anilines is 1. The Kier molecular flexibility index (Phi) is 7.15. The van der Waals surface area contributed by atoms with Gasteiger partial charge in [-0.3, -0.25) is 22.7 Å². The molecule has 3 aromatic heterocycles. The second-order valence-electron chi connectivity index (χ2n) is 11.0. The monoisotopic (exact) mass is 718 g/mol. The fourth-order valence-electron chi connectivity index (χ4n) is 6.05. The molecule has 0 amide bonds. The summed E-state index contributed by atoms with van der Waals surface area (Å²) in [5, 5.41) is 2.80. The smallest absolute Gasteiger partial charge is 0.382 e. The molecule has 4 saturated heterocycles. The van der Waals surface area contributed by atoms with E-state index in [2.05, 4.69) is 49.1 Å². The minimum absolute atomic E-state index is 0.0783. The highest BCUT2D eigenvalue weighted by Crippen LogP contribution is 2.61. The zero-order valence-corrected chi connectivity index (χ0v) is 26.7. The van der Waals surface area contributed by atoms with Crippen molar-refractivity contribution in [2.45, 2.75) is 48.6 Å². The number of rotatable bonds is 2. The van der Waals surface area contributed by atoms with Gasteiger partial charge in [0.15, 0.2) is 41.9 Å². The topological polar surface area (TPSA) is 240 Å². The maximum Gasteiger partial charge on any atom is 0.386 e. The summed E-state index contributed by atoms with van der Waals surface area (Å²) in [4.78, 5) is 32.0. The number of nitrogens with one attached hydrogen (secondary N) is 1. The lowest BCUT2D eigenvalue weighted by Gasteiger charge is -2.34. The van der Waals surface area contributed by atoms with Gasteiger partial charge in [0.25, 0.3) is 0 Å². The molecule has 3 aromatic rings. The average molecular weight is 719 g/mol. The fraction of sp³-hybridized carbons (Fsp3) is 0.500. The Morgan fingerprint density at radius 1 is 1.13 bits per heavy atom. The highest BCUT2D eigenvalue weighted by molar-refractivity contribution is 8.44. The van der Waals surface area contributed by atoms with E-state index < -0.39 is 75.4 Å². The van der Waals surface area contributed by atoms with Crippen molar-refractivity contribution in [2.24, 2.45) is 10.7 Å². The van der Waals surface area contributed by atoms with E-state index in [1.807, 2.05) is 0 Å². The van der Waals surface area contributed by atoms with Crippen molar-refractivity contribution >= 4 is 72.0 Å². The molecule has 24 heteroatoms. The highest BCUT2D eigenvalue weighted by Gasteiger charge is 2.65. The van der Waals surface area contributed by atoms with Crippen LogP contribution in [-0.4, -0.2) is 95.9 Å². The van der Waals surface area contributed by atoms with Gasteiger partial charge in [-0.2, -0.15) is 4.99 Å². The lowest BCUT2D eigenvalue weighted by Crippen LogP contribution is -2.46. The number of thiol groups is 1. The number of ether oxygens (including phenoxy) is 3. The van der Waals surface area contributed by atoms with Gasteiger partial charge < -0.3 is 40.4 Å². The number of nitrogen functional groups attached to an aromatic ring is 1. The Bertz CT molecular complexity index is 1900. The first kappa shape index (κ1) is 30.7. The Morgan fingerprint density at radius 3 is 2.76 bits per heavy atom. The van der Waals surface area contributed by atoms with Crippen LogP contribution in [0.2, 0.25) is 0 Å². The summed E-state index contributed by atoms with van der Waals surface area (Å²) < 4.78 is 73.9. The molecule has 5 aliphatic heterocycles. The molecule has 46 heavy (non-hydrogen) atoms. The number of fused-ring (bicyclic) bond motifs is 3. The number of guanidine groups is 1. The minimum Gasteiger partial charge on any atom is -0.382 e. The lowest BCUT2D eigenvalue weighted by molar-refractivity contribution is -0.183. The van der Waals surface area contributed by atoms with Gasteiger partial charge in [-0.15, -0.1) is 0 Å². The molecule has 0 spiro atoms. The summed E-state index contributed by atoms with van der Waals surface area (Å²) in [6.45, 7) is -5.68. The van der Waals surface area contributed by atoms with Gasteiger partial charge in [0.05, 0.1) is 38.2 Å². The van der Waals surface area contributed by atoms with Crippen LogP contribution >= 0.6 is 25.8 Å². The highest BCUT2D eigenvalue weighted by atomic mass is 32.7. The molecule has 0 radical (unpaired) electrons. The van der Waals surface area contributed by atoms with Crippen LogP contribution in [0.4, 0.5) is 16.0 Å². The van der Waals surface area contributed by atoms with Crippen LogP contribution in [0, 0.1) is 0 Å². The number of imidazole rings is 2. The van der Waals surface area contributed by atoms with Gasteiger partial charge in [-0.05, 0) is 11.8 Å². The summed E-state index contributed by atoms with van der Waals surface area (Å²) in [5.41, 5.74) is 11.5. The number of nitrogens with two attached hydrogens (primary N) is 2. The fourth-order valence-corrected chi connectivity index (χ4v) is 9.00. The predicted molar refractivity (Wildman–Crippen MR) is 162 cm³/mol. The second kappa shape index (κ2) is 10.7. The zero-order chi connectivity index (χ0) is 32.2. The summed E-state index contributed by atoms with van der Waals surface area (Å²) in [7, 11) is 0. The van der Waals surface area contributed by atoms with Crippen LogP contribution in [-0.2, 0) is 48.7 Å². The van der Waals surface area contributed by atoms with E-state index in [1.54, 1.807) is 4.57 Å². The number of aliphatic imine (C=N–C) groups is 1. The molecule has 6 N–H and O–H groups in total. The van der Waals surface area contributed by atoms with E-state index in [0.29, 0.717) is 17.2 Å². The number of hydrogen-bond acceptors (Lipinski definition) is 17. The third kappa shape index (κ3) is 4.91. The molecule has 2 unspecified atom stereocenters. The molecule has 0 aromatic carbocycles. The Labute approximate surface area is 268 Å². The largest absolute Gasteiger partial charge is 0.386 e.